The number of hydrogen-bond acceptors (Lipinski definition) is 5. The van der Waals surface area contributed by atoms with Gasteiger partial charge in [-0.2, -0.15) is 0 Å². The van der Waals surface area contributed by atoms with Crippen molar-refractivity contribution in [3.63, 3.8) is 0 Å². The molecule has 1 heterocycles. The van der Waals surface area contributed by atoms with Crippen molar-refractivity contribution < 1.29 is 19.8 Å². The molecule has 19 heavy (non-hydrogen) atoms. The van der Waals surface area contributed by atoms with Crippen molar-refractivity contribution in [2.24, 2.45) is 11.8 Å². The number of hydrogen-bond donors (Lipinski definition) is 2. The van der Waals surface area contributed by atoms with Crippen LogP contribution < -0.4 is 0 Å². The number of carbonyl (C=O) groups is 2. The number of Topliss-reactive ketones (excluding diaryl/α,β-unsaturated/α-hetero) is 1. The summed E-state index contributed by atoms with van der Waals surface area (Å²) < 4.78 is 0.359. The summed E-state index contributed by atoms with van der Waals surface area (Å²) in [5.41, 5.74) is 0. The number of rotatable bonds is 4. The molecule has 106 valence electrons. The summed E-state index contributed by atoms with van der Waals surface area (Å²) >= 11 is 3.73. The number of ketones is 1. The minimum atomic E-state index is -1.07. The lowest BCUT2D eigenvalue weighted by atomic mass is 9.91. The van der Waals surface area contributed by atoms with Crippen LogP contribution in [0.3, 0.4) is 0 Å². The molecule has 1 aliphatic carbocycles. The molecule has 2 fully saturated rings. The molecule has 0 amide bonds. The standard InChI is InChI=1S/C13H18O4S2/c14-8-6-9(11(15)2-3-12(16)17)10(7-8)13-18-4-1-5-19-13/h2-3,9-11,13,15H,1,4-7H2,(H,16,17)/b3-2+/t9-,10-,11-/m1/s1. The highest BCUT2D eigenvalue weighted by atomic mass is 32.2. The summed E-state index contributed by atoms with van der Waals surface area (Å²) in [6, 6.07) is 0. The molecular weight excluding hydrogens is 284 g/mol. The van der Waals surface area contributed by atoms with Crippen LogP contribution >= 0.6 is 23.5 Å². The summed E-state index contributed by atoms with van der Waals surface area (Å²) in [5.74, 6) is 1.36. The number of carboxylic acids is 1. The van der Waals surface area contributed by atoms with E-state index in [0.717, 1.165) is 17.6 Å². The lowest BCUT2D eigenvalue weighted by molar-refractivity contribution is -0.131. The molecular formula is C13H18O4S2. The van der Waals surface area contributed by atoms with E-state index < -0.39 is 12.1 Å². The van der Waals surface area contributed by atoms with Gasteiger partial charge in [-0.3, -0.25) is 4.79 Å². The SMILES string of the molecule is O=C(O)/C=C/[C@@H](O)[C@@H]1CC(=O)C[C@H]1C1SCCCS1. The van der Waals surface area contributed by atoms with Crippen LogP contribution in [0.2, 0.25) is 0 Å². The van der Waals surface area contributed by atoms with Crippen molar-refractivity contribution >= 4 is 35.3 Å². The summed E-state index contributed by atoms with van der Waals surface area (Å²) in [4.78, 5) is 22.2. The van der Waals surface area contributed by atoms with Gasteiger partial charge in [0.1, 0.15) is 5.78 Å². The van der Waals surface area contributed by atoms with E-state index in [2.05, 4.69) is 0 Å². The van der Waals surface area contributed by atoms with Crippen molar-refractivity contribution in [3.8, 4) is 0 Å². The minimum absolute atomic E-state index is 0.133. The van der Waals surface area contributed by atoms with E-state index in [1.54, 1.807) is 0 Å². The molecule has 1 saturated heterocycles. The maximum Gasteiger partial charge on any atom is 0.328 e. The predicted octanol–water partition coefficient (Wildman–Crippen LogP) is 1.78. The Balaban J connectivity index is 2.03. The summed E-state index contributed by atoms with van der Waals surface area (Å²) in [6.45, 7) is 0. The Hall–Kier alpha value is -0.460. The van der Waals surface area contributed by atoms with Crippen molar-refractivity contribution in [2.75, 3.05) is 11.5 Å². The van der Waals surface area contributed by atoms with Crippen molar-refractivity contribution in [1.29, 1.82) is 0 Å². The Morgan fingerprint density at radius 3 is 2.63 bits per heavy atom. The van der Waals surface area contributed by atoms with E-state index >= 15 is 0 Å². The van der Waals surface area contributed by atoms with Gasteiger partial charge in [-0.05, 0) is 29.9 Å². The van der Waals surface area contributed by atoms with Crippen LogP contribution in [-0.2, 0) is 9.59 Å². The Bertz CT molecular complexity index is 377. The van der Waals surface area contributed by atoms with E-state index in [0.29, 0.717) is 17.4 Å². The molecule has 4 nitrogen and oxygen atoms in total. The topological polar surface area (TPSA) is 74.6 Å². The lowest BCUT2D eigenvalue weighted by Crippen LogP contribution is -2.29. The van der Waals surface area contributed by atoms with Gasteiger partial charge >= 0.3 is 5.97 Å². The molecule has 0 aromatic heterocycles. The van der Waals surface area contributed by atoms with E-state index in [1.165, 1.54) is 12.5 Å². The highest BCUT2D eigenvalue weighted by molar-refractivity contribution is 8.17. The first kappa shape index (κ1) is 14.9. The number of carboxylic acid groups (broad SMARTS) is 1. The van der Waals surface area contributed by atoms with E-state index in [1.807, 2.05) is 23.5 Å². The fourth-order valence-electron chi connectivity index (χ4n) is 2.66. The summed E-state index contributed by atoms with van der Waals surface area (Å²) in [5, 5.41) is 18.7. The maximum absolute atomic E-state index is 11.7. The van der Waals surface area contributed by atoms with Gasteiger partial charge in [-0.15, -0.1) is 23.5 Å². The van der Waals surface area contributed by atoms with Gasteiger partial charge in [0.15, 0.2) is 0 Å². The first-order chi connectivity index (χ1) is 9.08. The fraction of sp³-hybridized carbons (Fsp3) is 0.692. The molecule has 1 saturated carbocycles. The molecule has 0 bridgehead atoms. The average molecular weight is 302 g/mol. The minimum Gasteiger partial charge on any atom is -0.478 e. The van der Waals surface area contributed by atoms with Crippen LogP contribution in [0.4, 0.5) is 0 Å². The summed E-state index contributed by atoms with van der Waals surface area (Å²) in [7, 11) is 0. The maximum atomic E-state index is 11.7. The number of thioether (sulfide) groups is 2. The van der Waals surface area contributed by atoms with Crippen LogP contribution in [0.25, 0.3) is 0 Å². The highest BCUT2D eigenvalue weighted by Gasteiger charge is 2.41. The zero-order valence-corrected chi connectivity index (χ0v) is 12.2. The first-order valence-electron chi connectivity index (χ1n) is 6.42. The Labute approximate surface area is 121 Å². The van der Waals surface area contributed by atoms with Crippen LogP contribution in [0.15, 0.2) is 12.2 Å². The predicted molar refractivity (Wildman–Crippen MR) is 77.3 cm³/mol. The second kappa shape index (κ2) is 6.81. The third-order valence-electron chi connectivity index (χ3n) is 3.55. The van der Waals surface area contributed by atoms with Gasteiger partial charge in [-0.25, -0.2) is 4.79 Å². The lowest BCUT2D eigenvalue weighted by Gasteiger charge is -2.31. The molecule has 3 atom stereocenters. The van der Waals surface area contributed by atoms with E-state index in [-0.39, 0.29) is 17.6 Å². The highest BCUT2D eigenvalue weighted by Crippen LogP contribution is 2.45. The number of aliphatic carboxylic acids is 1. The van der Waals surface area contributed by atoms with Crippen molar-refractivity contribution in [3.05, 3.63) is 12.2 Å². The second-order valence-electron chi connectivity index (χ2n) is 4.93. The molecule has 1 aliphatic heterocycles. The van der Waals surface area contributed by atoms with Gasteiger partial charge in [0.05, 0.1) is 10.7 Å². The smallest absolute Gasteiger partial charge is 0.328 e. The van der Waals surface area contributed by atoms with Crippen LogP contribution in [-0.4, -0.2) is 44.2 Å². The molecule has 0 aromatic rings. The largest absolute Gasteiger partial charge is 0.478 e. The molecule has 0 unspecified atom stereocenters. The Morgan fingerprint density at radius 1 is 1.32 bits per heavy atom. The molecule has 2 rings (SSSR count). The first-order valence-corrected chi connectivity index (χ1v) is 8.52. The average Bonchev–Trinajstić information content (AvgIpc) is 2.79. The van der Waals surface area contributed by atoms with Crippen LogP contribution in [0.1, 0.15) is 19.3 Å². The van der Waals surface area contributed by atoms with Gasteiger partial charge in [0.2, 0.25) is 0 Å². The van der Waals surface area contributed by atoms with Gasteiger partial charge in [0.25, 0.3) is 0 Å². The zero-order valence-electron chi connectivity index (χ0n) is 10.5. The van der Waals surface area contributed by atoms with Crippen LogP contribution in [0, 0.1) is 11.8 Å². The zero-order chi connectivity index (χ0) is 13.8. The van der Waals surface area contributed by atoms with E-state index in [9.17, 15) is 14.7 Å². The van der Waals surface area contributed by atoms with E-state index in [4.69, 9.17) is 5.11 Å². The second-order valence-corrected chi connectivity index (χ2v) is 7.72. The molecule has 0 aromatic carbocycles. The van der Waals surface area contributed by atoms with Crippen molar-refractivity contribution in [1.82, 2.24) is 0 Å². The Morgan fingerprint density at radius 2 is 2.00 bits per heavy atom. The van der Waals surface area contributed by atoms with Gasteiger partial charge in [0, 0.05) is 24.8 Å². The molecule has 0 spiro atoms. The quantitative estimate of drug-likeness (QED) is 0.771. The molecule has 6 heteroatoms. The Kier molecular flexibility index (Phi) is 5.36. The fourth-order valence-corrected chi connectivity index (χ4v) is 5.98. The molecule has 2 aliphatic rings. The number of aliphatic hydroxyl groups excluding tert-OH is 1. The summed E-state index contributed by atoms with van der Waals surface area (Å²) in [6.07, 6.45) is 3.51. The number of carbonyl (C=O) groups excluding carboxylic acids is 1. The van der Waals surface area contributed by atoms with Gasteiger partial charge < -0.3 is 10.2 Å². The molecule has 2 N–H and O–H groups in total. The third kappa shape index (κ3) is 4.00. The number of aliphatic hydroxyl groups is 1. The van der Waals surface area contributed by atoms with Gasteiger partial charge in [-0.1, -0.05) is 0 Å². The van der Waals surface area contributed by atoms with Crippen LogP contribution in [0.5, 0.6) is 0 Å². The molecule has 0 radical (unpaired) electrons. The third-order valence-corrected chi connectivity index (χ3v) is 6.78. The monoisotopic (exact) mass is 302 g/mol. The van der Waals surface area contributed by atoms with Crippen molar-refractivity contribution in [2.45, 2.75) is 29.9 Å². The normalized spacial score (nSPS) is 30.9.